The maximum absolute atomic E-state index is 6.27. The third-order valence-electron chi connectivity index (χ3n) is 3.16. The van der Waals surface area contributed by atoms with Gasteiger partial charge in [-0.2, -0.15) is 0 Å². The van der Waals surface area contributed by atoms with Crippen molar-refractivity contribution >= 4 is 28.6 Å². The Labute approximate surface area is 115 Å². The minimum atomic E-state index is 0.138. The van der Waals surface area contributed by atoms with Crippen molar-refractivity contribution in [2.45, 2.75) is 19.5 Å². The summed E-state index contributed by atoms with van der Waals surface area (Å²) >= 11 is 6.27. The van der Waals surface area contributed by atoms with Gasteiger partial charge in [0, 0.05) is 18.9 Å². The average Bonchev–Trinajstić information content (AvgIpc) is 2.96. The third kappa shape index (κ3) is 2.06. The van der Waals surface area contributed by atoms with Crippen LogP contribution in [0.4, 0.5) is 5.95 Å². The Bertz CT molecular complexity index is 701. The second-order valence-corrected chi connectivity index (χ2v) is 4.96. The van der Waals surface area contributed by atoms with Gasteiger partial charge in [-0.3, -0.25) is 0 Å². The number of nitrogen functional groups attached to an aromatic ring is 1. The zero-order valence-electron chi connectivity index (χ0n) is 10.5. The van der Waals surface area contributed by atoms with E-state index in [2.05, 4.69) is 16.9 Å². The lowest BCUT2D eigenvalue weighted by Gasteiger charge is -2.17. The summed E-state index contributed by atoms with van der Waals surface area (Å²) in [5, 5.41) is 0.666. The van der Waals surface area contributed by atoms with Gasteiger partial charge < -0.3 is 14.9 Å². The molecule has 0 amide bonds. The van der Waals surface area contributed by atoms with Gasteiger partial charge >= 0.3 is 0 Å². The van der Waals surface area contributed by atoms with Crippen LogP contribution in [0.5, 0.6) is 0 Å². The first-order valence-corrected chi connectivity index (χ1v) is 6.42. The van der Waals surface area contributed by atoms with Crippen LogP contribution in [-0.2, 0) is 6.54 Å². The Balaban J connectivity index is 2.06. The maximum Gasteiger partial charge on any atom is 0.201 e. The molecule has 0 spiro atoms. The zero-order valence-corrected chi connectivity index (χ0v) is 11.2. The molecule has 0 aliphatic rings. The van der Waals surface area contributed by atoms with Crippen molar-refractivity contribution in [2.24, 2.45) is 0 Å². The summed E-state index contributed by atoms with van der Waals surface area (Å²) in [4.78, 5) is 8.40. The van der Waals surface area contributed by atoms with E-state index in [0.29, 0.717) is 11.0 Å². The standard InChI is InChI=1S/C13H14ClN5/c1-9(7-18-6-5-16-8-18)19-12-10(14)3-2-4-11(12)17-13(19)15/h2-6,8-9H,7H2,1H3,(H2,15,17). The molecule has 2 aromatic heterocycles. The molecule has 0 fully saturated rings. The van der Waals surface area contributed by atoms with Crippen LogP contribution in [0.1, 0.15) is 13.0 Å². The number of imidazole rings is 2. The van der Waals surface area contributed by atoms with E-state index in [1.54, 1.807) is 12.5 Å². The summed E-state index contributed by atoms with van der Waals surface area (Å²) in [5.74, 6) is 0.482. The number of para-hydroxylation sites is 1. The van der Waals surface area contributed by atoms with Crippen LogP contribution in [-0.4, -0.2) is 19.1 Å². The quantitative estimate of drug-likeness (QED) is 0.799. The fourth-order valence-electron chi connectivity index (χ4n) is 2.35. The summed E-state index contributed by atoms with van der Waals surface area (Å²) < 4.78 is 3.98. The summed E-state index contributed by atoms with van der Waals surface area (Å²) in [6, 6.07) is 5.78. The van der Waals surface area contributed by atoms with Crippen molar-refractivity contribution in [1.82, 2.24) is 19.1 Å². The number of fused-ring (bicyclic) bond motifs is 1. The molecule has 2 N–H and O–H groups in total. The lowest BCUT2D eigenvalue weighted by Crippen LogP contribution is -2.14. The van der Waals surface area contributed by atoms with Crippen LogP contribution < -0.4 is 5.73 Å². The first-order chi connectivity index (χ1) is 9.16. The van der Waals surface area contributed by atoms with E-state index in [1.165, 1.54) is 0 Å². The van der Waals surface area contributed by atoms with Crippen molar-refractivity contribution in [1.29, 1.82) is 0 Å². The normalized spacial score (nSPS) is 12.9. The van der Waals surface area contributed by atoms with Crippen LogP contribution in [0.3, 0.4) is 0 Å². The molecule has 0 saturated heterocycles. The summed E-state index contributed by atoms with van der Waals surface area (Å²) in [5.41, 5.74) is 7.73. The smallest absolute Gasteiger partial charge is 0.201 e. The van der Waals surface area contributed by atoms with Gasteiger partial charge in [0.2, 0.25) is 5.95 Å². The summed E-state index contributed by atoms with van der Waals surface area (Å²) in [6.45, 7) is 2.85. The molecule has 5 nitrogen and oxygen atoms in total. The van der Waals surface area contributed by atoms with Gasteiger partial charge in [0.05, 0.1) is 28.4 Å². The molecule has 3 aromatic rings. The van der Waals surface area contributed by atoms with Crippen molar-refractivity contribution < 1.29 is 0 Å². The van der Waals surface area contributed by atoms with Gasteiger partial charge in [0.15, 0.2) is 0 Å². The highest BCUT2D eigenvalue weighted by molar-refractivity contribution is 6.35. The fourth-order valence-corrected chi connectivity index (χ4v) is 2.61. The van der Waals surface area contributed by atoms with Crippen LogP contribution in [0.2, 0.25) is 5.02 Å². The minimum absolute atomic E-state index is 0.138. The van der Waals surface area contributed by atoms with E-state index in [1.807, 2.05) is 33.5 Å². The minimum Gasteiger partial charge on any atom is -0.369 e. The first-order valence-electron chi connectivity index (χ1n) is 6.04. The number of nitrogens with zero attached hydrogens (tertiary/aromatic N) is 4. The molecular weight excluding hydrogens is 262 g/mol. The summed E-state index contributed by atoms with van der Waals surface area (Å²) in [7, 11) is 0. The molecule has 0 aliphatic carbocycles. The molecule has 1 atom stereocenters. The van der Waals surface area contributed by atoms with Gasteiger partial charge in [0.1, 0.15) is 0 Å². The molecular formula is C13H14ClN5. The van der Waals surface area contributed by atoms with Gasteiger partial charge in [-0.25, -0.2) is 9.97 Å². The van der Waals surface area contributed by atoms with Gasteiger partial charge in [-0.1, -0.05) is 17.7 Å². The highest BCUT2D eigenvalue weighted by Crippen LogP contribution is 2.29. The lowest BCUT2D eigenvalue weighted by atomic mass is 10.2. The van der Waals surface area contributed by atoms with Crippen molar-refractivity contribution in [3.05, 3.63) is 41.9 Å². The number of hydrogen-bond donors (Lipinski definition) is 1. The monoisotopic (exact) mass is 275 g/mol. The molecule has 0 bridgehead atoms. The molecule has 0 radical (unpaired) electrons. The molecule has 6 heteroatoms. The van der Waals surface area contributed by atoms with Gasteiger partial charge in [0.25, 0.3) is 0 Å². The predicted octanol–water partition coefficient (Wildman–Crippen LogP) is 2.73. The number of rotatable bonds is 3. The summed E-state index contributed by atoms with van der Waals surface area (Å²) in [6.07, 6.45) is 5.47. The number of nitrogens with two attached hydrogens (primary N) is 1. The first kappa shape index (κ1) is 12.0. The van der Waals surface area contributed by atoms with E-state index >= 15 is 0 Å². The predicted molar refractivity (Wildman–Crippen MR) is 76.1 cm³/mol. The van der Waals surface area contributed by atoms with Crippen LogP contribution in [0, 0.1) is 0 Å². The number of halogens is 1. The van der Waals surface area contributed by atoms with E-state index < -0.39 is 0 Å². The SMILES string of the molecule is CC(Cn1ccnc1)n1c(N)nc2cccc(Cl)c21. The van der Waals surface area contributed by atoms with E-state index in [4.69, 9.17) is 17.3 Å². The van der Waals surface area contributed by atoms with Crippen molar-refractivity contribution in [3.8, 4) is 0 Å². The molecule has 19 heavy (non-hydrogen) atoms. The van der Waals surface area contributed by atoms with Crippen LogP contribution in [0.25, 0.3) is 11.0 Å². The molecule has 0 aliphatic heterocycles. The molecule has 1 aromatic carbocycles. The highest BCUT2D eigenvalue weighted by atomic mass is 35.5. The maximum atomic E-state index is 6.27. The van der Waals surface area contributed by atoms with E-state index in [9.17, 15) is 0 Å². The Morgan fingerprint density at radius 1 is 1.42 bits per heavy atom. The molecule has 98 valence electrons. The second-order valence-electron chi connectivity index (χ2n) is 4.56. The van der Waals surface area contributed by atoms with Gasteiger partial charge in [-0.05, 0) is 19.1 Å². The fraction of sp³-hybridized carbons (Fsp3) is 0.231. The van der Waals surface area contributed by atoms with E-state index in [-0.39, 0.29) is 6.04 Å². The van der Waals surface area contributed by atoms with Gasteiger partial charge in [-0.15, -0.1) is 0 Å². The number of benzene rings is 1. The van der Waals surface area contributed by atoms with Crippen LogP contribution >= 0.6 is 11.6 Å². The molecule has 1 unspecified atom stereocenters. The lowest BCUT2D eigenvalue weighted by molar-refractivity contribution is 0.479. The Kier molecular flexibility index (Phi) is 2.91. The highest BCUT2D eigenvalue weighted by Gasteiger charge is 2.16. The Morgan fingerprint density at radius 2 is 2.26 bits per heavy atom. The Hall–Kier alpha value is -2.01. The van der Waals surface area contributed by atoms with E-state index in [0.717, 1.165) is 17.6 Å². The molecule has 3 rings (SSSR count). The zero-order chi connectivity index (χ0) is 13.4. The molecule has 2 heterocycles. The second kappa shape index (κ2) is 4.59. The van der Waals surface area contributed by atoms with Crippen LogP contribution in [0.15, 0.2) is 36.9 Å². The van der Waals surface area contributed by atoms with Crippen molar-refractivity contribution in [3.63, 3.8) is 0 Å². The largest absolute Gasteiger partial charge is 0.369 e. The Morgan fingerprint density at radius 3 is 3.00 bits per heavy atom. The third-order valence-corrected chi connectivity index (χ3v) is 3.47. The number of hydrogen-bond acceptors (Lipinski definition) is 3. The number of aromatic nitrogens is 4. The number of anilines is 1. The molecule has 0 saturated carbocycles. The van der Waals surface area contributed by atoms with Crippen molar-refractivity contribution in [2.75, 3.05) is 5.73 Å². The average molecular weight is 276 g/mol. The topological polar surface area (TPSA) is 61.7 Å².